The smallest absolute Gasteiger partial charge is 0.311 e. The molecule has 3 aromatic rings. The summed E-state index contributed by atoms with van der Waals surface area (Å²) in [4.78, 5) is 16.1. The third-order valence-electron chi connectivity index (χ3n) is 3.61. The van der Waals surface area contributed by atoms with Crippen LogP contribution >= 0.6 is 39.1 Å². The number of hydrazine groups is 1. The van der Waals surface area contributed by atoms with Crippen LogP contribution in [0.1, 0.15) is 16.1 Å². The van der Waals surface area contributed by atoms with Gasteiger partial charge in [0.2, 0.25) is 0 Å². The molecule has 0 saturated heterocycles. The Morgan fingerprint density at radius 1 is 1.14 bits per heavy atom. The summed E-state index contributed by atoms with van der Waals surface area (Å²) in [6.07, 6.45) is -2.30. The number of aromatic nitrogens is 2. The number of hydrogen-bond acceptors (Lipinski definition) is 3. The number of halogens is 6. The van der Waals surface area contributed by atoms with Crippen LogP contribution in [0.5, 0.6) is 0 Å². The molecule has 3 rings (SSSR count). The highest BCUT2D eigenvalue weighted by atomic mass is 79.9. The first kappa shape index (κ1) is 20.5. The van der Waals surface area contributed by atoms with Crippen LogP contribution in [0.3, 0.4) is 0 Å². The van der Waals surface area contributed by atoms with Crippen LogP contribution in [-0.2, 0) is 6.18 Å². The standard InChI is InChI=1S/C17H10BrCl2F3N4O/c18-10-3-4-13(11(19)7-10)27-5-1-2-14(27)16(28)26-25-15-12(20)6-9(8-24-15)17(21,22)23/h1-8H,(H,24,25)(H,26,28). The fourth-order valence-corrected chi connectivity index (χ4v) is 3.30. The molecule has 5 nitrogen and oxygen atoms in total. The zero-order chi connectivity index (χ0) is 20.5. The Bertz CT molecular complexity index is 1040. The molecule has 11 heteroatoms. The molecule has 1 aromatic carbocycles. The molecular formula is C17H10BrCl2F3N4O. The van der Waals surface area contributed by atoms with Gasteiger partial charge >= 0.3 is 6.18 Å². The maximum Gasteiger partial charge on any atom is 0.417 e. The van der Waals surface area contributed by atoms with Crippen molar-refractivity contribution in [2.24, 2.45) is 0 Å². The molecule has 0 aliphatic heterocycles. The van der Waals surface area contributed by atoms with Crippen molar-refractivity contribution in [3.05, 3.63) is 74.6 Å². The van der Waals surface area contributed by atoms with Gasteiger partial charge in [0, 0.05) is 16.9 Å². The van der Waals surface area contributed by atoms with Crippen LogP contribution in [0.2, 0.25) is 10.0 Å². The summed E-state index contributed by atoms with van der Waals surface area (Å²) in [5.41, 5.74) is 4.59. The Kier molecular flexibility index (Phi) is 5.87. The lowest BCUT2D eigenvalue weighted by Crippen LogP contribution is -2.31. The summed E-state index contributed by atoms with van der Waals surface area (Å²) >= 11 is 15.3. The molecule has 0 bridgehead atoms. The first-order valence-electron chi connectivity index (χ1n) is 7.58. The maximum atomic E-state index is 12.7. The quantitative estimate of drug-likeness (QED) is 0.457. The minimum absolute atomic E-state index is 0.122. The van der Waals surface area contributed by atoms with Gasteiger partial charge < -0.3 is 4.57 Å². The number of carbonyl (C=O) groups is 1. The Morgan fingerprint density at radius 3 is 2.54 bits per heavy atom. The zero-order valence-electron chi connectivity index (χ0n) is 13.7. The molecular weight excluding hydrogens is 484 g/mol. The molecule has 146 valence electrons. The topological polar surface area (TPSA) is 59.0 Å². The van der Waals surface area contributed by atoms with E-state index >= 15 is 0 Å². The van der Waals surface area contributed by atoms with Crippen LogP contribution in [0.4, 0.5) is 19.0 Å². The van der Waals surface area contributed by atoms with E-state index in [2.05, 4.69) is 31.8 Å². The summed E-state index contributed by atoms with van der Waals surface area (Å²) in [5.74, 6) is -0.690. The van der Waals surface area contributed by atoms with Gasteiger partial charge in [0.05, 0.1) is 21.3 Å². The van der Waals surface area contributed by atoms with Crippen LogP contribution in [0.25, 0.3) is 5.69 Å². The molecule has 0 aliphatic rings. The monoisotopic (exact) mass is 492 g/mol. The Hall–Kier alpha value is -2.23. The molecule has 0 fully saturated rings. The van der Waals surface area contributed by atoms with Gasteiger partial charge in [-0.3, -0.25) is 15.6 Å². The number of nitrogens with zero attached hydrogens (tertiary/aromatic N) is 2. The largest absolute Gasteiger partial charge is 0.417 e. The average Bonchev–Trinajstić information content (AvgIpc) is 3.09. The van der Waals surface area contributed by atoms with Gasteiger partial charge in [-0.2, -0.15) is 13.2 Å². The van der Waals surface area contributed by atoms with Crippen molar-refractivity contribution in [2.75, 3.05) is 5.43 Å². The van der Waals surface area contributed by atoms with Crippen molar-refractivity contribution in [3.63, 3.8) is 0 Å². The molecule has 0 aliphatic carbocycles. The fourth-order valence-electron chi connectivity index (χ4n) is 2.32. The summed E-state index contributed by atoms with van der Waals surface area (Å²) in [6, 6.07) is 9.10. The lowest BCUT2D eigenvalue weighted by Gasteiger charge is -2.13. The number of pyridine rings is 1. The molecule has 0 atom stereocenters. The van der Waals surface area contributed by atoms with Gasteiger partial charge in [0.15, 0.2) is 5.82 Å². The van der Waals surface area contributed by atoms with Crippen molar-refractivity contribution in [1.82, 2.24) is 15.0 Å². The van der Waals surface area contributed by atoms with Crippen molar-refractivity contribution < 1.29 is 18.0 Å². The summed E-state index contributed by atoms with van der Waals surface area (Å²) in [5, 5.41) is 0.126. The Morgan fingerprint density at radius 2 is 1.89 bits per heavy atom. The first-order valence-corrected chi connectivity index (χ1v) is 9.13. The predicted molar refractivity (Wildman–Crippen MR) is 104 cm³/mol. The van der Waals surface area contributed by atoms with Crippen LogP contribution < -0.4 is 10.9 Å². The third kappa shape index (κ3) is 4.43. The van der Waals surface area contributed by atoms with E-state index in [1.807, 2.05) is 0 Å². The van der Waals surface area contributed by atoms with E-state index in [9.17, 15) is 18.0 Å². The number of nitrogens with one attached hydrogen (secondary N) is 2. The highest BCUT2D eigenvalue weighted by Crippen LogP contribution is 2.32. The SMILES string of the molecule is O=C(NNc1ncc(C(F)(F)F)cc1Cl)c1cccn1-c1ccc(Br)cc1Cl. The number of rotatable bonds is 4. The molecule has 28 heavy (non-hydrogen) atoms. The second-order valence-corrected chi connectivity index (χ2v) is 7.22. The minimum atomic E-state index is -4.57. The molecule has 2 aromatic heterocycles. The van der Waals surface area contributed by atoms with E-state index in [0.29, 0.717) is 23.0 Å². The average molecular weight is 494 g/mol. The molecule has 2 heterocycles. The fraction of sp³-hybridized carbons (Fsp3) is 0.0588. The molecule has 0 radical (unpaired) electrons. The van der Waals surface area contributed by atoms with E-state index < -0.39 is 17.6 Å². The number of carbonyl (C=O) groups excluding carboxylic acids is 1. The van der Waals surface area contributed by atoms with Crippen molar-refractivity contribution in [3.8, 4) is 5.69 Å². The van der Waals surface area contributed by atoms with Gasteiger partial charge in [0.1, 0.15) is 5.69 Å². The second kappa shape index (κ2) is 8.02. The highest BCUT2D eigenvalue weighted by molar-refractivity contribution is 9.10. The maximum absolute atomic E-state index is 12.7. The van der Waals surface area contributed by atoms with E-state index in [0.717, 1.165) is 4.47 Å². The van der Waals surface area contributed by atoms with E-state index in [-0.39, 0.29) is 16.5 Å². The number of amides is 1. The number of alkyl halides is 3. The number of anilines is 1. The Labute approximate surface area is 175 Å². The van der Waals surface area contributed by atoms with Gasteiger partial charge in [-0.25, -0.2) is 4.98 Å². The van der Waals surface area contributed by atoms with Crippen molar-refractivity contribution >= 4 is 50.9 Å². The highest BCUT2D eigenvalue weighted by Gasteiger charge is 2.31. The van der Waals surface area contributed by atoms with E-state index in [4.69, 9.17) is 23.2 Å². The molecule has 1 amide bonds. The predicted octanol–water partition coefficient (Wildman–Crippen LogP) is 5.72. The van der Waals surface area contributed by atoms with Crippen molar-refractivity contribution in [2.45, 2.75) is 6.18 Å². The van der Waals surface area contributed by atoms with Gasteiger partial charge in [0.25, 0.3) is 5.91 Å². The summed E-state index contributed by atoms with van der Waals surface area (Å²) < 4.78 is 40.3. The van der Waals surface area contributed by atoms with Crippen LogP contribution in [0, 0.1) is 0 Å². The second-order valence-electron chi connectivity index (χ2n) is 5.49. The van der Waals surface area contributed by atoms with E-state index in [1.165, 1.54) is 0 Å². The summed E-state index contributed by atoms with van der Waals surface area (Å²) in [7, 11) is 0. The normalized spacial score (nSPS) is 11.4. The lowest BCUT2D eigenvalue weighted by molar-refractivity contribution is -0.137. The third-order valence-corrected chi connectivity index (χ3v) is 4.70. The van der Waals surface area contributed by atoms with Gasteiger partial charge in [-0.1, -0.05) is 39.1 Å². The molecule has 0 saturated carbocycles. The summed E-state index contributed by atoms with van der Waals surface area (Å²) in [6.45, 7) is 0. The number of hydrogen-bond donors (Lipinski definition) is 2. The Balaban J connectivity index is 1.78. The van der Waals surface area contributed by atoms with E-state index in [1.54, 1.807) is 41.1 Å². The van der Waals surface area contributed by atoms with Crippen molar-refractivity contribution in [1.29, 1.82) is 0 Å². The minimum Gasteiger partial charge on any atom is -0.311 e. The molecule has 0 unspecified atom stereocenters. The van der Waals surface area contributed by atoms with Gasteiger partial charge in [-0.05, 0) is 36.4 Å². The first-order chi connectivity index (χ1) is 13.2. The zero-order valence-corrected chi connectivity index (χ0v) is 16.8. The number of benzene rings is 1. The van der Waals surface area contributed by atoms with Crippen LogP contribution in [0.15, 0.2) is 53.3 Å². The lowest BCUT2D eigenvalue weighted by atomic mass is 10.3. The van der Waals surface area contributed by atoms with Crippen LogP contribution in [-0.4, -0.2) is 15.5 Å². The van der Waals surface area contributed by atoms with Gasteiger partial charge in [-0.15, -0.1) is 0 Å². The molecule has 0 spiro atoms. The molecule has 2 N–H and O–H groups in total.